The highest BCUT2D eigenvalue weighted by molar-refractivity contribution is 6.04. The summed E-state index contributed by atoms with van der Waals surface area (Å²) in [5.41, 5.74) is -0.958. The Morgan fingerprint density at radius 1 is 1.00 bits per heavy atom. The van der Waals surface area contributed by atoms with Crippen LogP contribution in [0.4, 0.5) is 0 Å². The molecule has 1 rings (SSSR count). The molecule has 0 spiro atoms. The van der Waals surface area contributed by atoms with Crippen LogP contribution in [-0.4, -0.2) is 72.8 Å². The van der Waals surface area contributed by atoms with Gasteiger partial charge in [-0.1, -0.05) is 13.8 Å². The van der Waals surface area contributed by atoms with E-state index in [0.717, 1.165) is 39.0 Å². The average Bonchev–Trinajstić information content (AvgIpc) is 2.46. The zero-order valence-electron chi connectivity index (χ0n) is 14.3. The van der Waals surface area contributed by atoms with Crippen molar-refractivity contribution < 1.29 is 9.59 Å². The summed E-state index contributed by atoms with van der Waals surface area (Å²) in [6, 6.07) is 0. The number of carbonyl (C=O) groups is 2. The first-order chi connectivity index (χ1) is 9.84. The van der Waals surface area contributed by atoms with Gasteiger partial charge in [-0.25, -0.2) is 0 Å². The second-order valence-corrected chi connectivity index (χ2v) is 6.51. The van der Waals surface area contributed by atoms with E-state index < -0.39 is 5.41 Å². The van der Waals surface area contributed by atoms with Crippen LogP contribution in [0.1, 0.15) is 40.5 Å². The van der Waals surface area contributed by atoms with Gasteiger partial charge >= 0.3 is 0 Å². The first kappa shape index (κ1) is 18.0. The predicted octanol–water partition coefficient (Wildman–Crippen LogP) is 1.44. The standard InChI is InChI=1S/C16H31N3O2/c1-6-8-18(9-7-2)14(20)16(3,4)15(21)19-12-10-17(5)11-13-19/h6-13H2,1-5H3. The van der Waals surface area contributed by atoms with E-state index in [9.17, 15) is 9.59 Å². The van der Waals surface area contributed by atoms with E-state index in [-0.39, 0.29) is 11.8 Å². The van der Waals surface area contributed by atoms with Crippen molar-refractivity contribution in [2.45, 2.75) is 40.5 Å². The second-order valence-electron chi connectivity index (χ2n) is 6.51. The van der Waals surface area contributed by atoms with Crippen molar-refractivity contribution in [1.29, 1.82) is 0 Å². The summed E-state index contributed by atoms with van der Waals surface area (Å²) < 4.78 is 0. The molecule has 21 heavy (non-hydrogen) atoms. The lowest BCUT2D eigenvalue weighted by Gasteiger charge is -2.38. The first-order valence-electron chi connectivity index (χ1n) is 8.11. The van der Waals surface area contributed by atoms with E-state index in [2.05, 4.69) is 25.8 Å². The van der Waals surface area contributed by atoms with Gasteiger partial charge in [-0.2, -0.15) is 0 Å². The Kier molecular flexibility index (Phi) is 6.65. The van der Waals surface area contributed by atoms with Crippen molar-refractivity contribution in [3.8, 4) is 0 Å². The smallest absolute Gasteiger partial charge is 0.237 e. The van der Waals surface area contributed by atoms with Crippen molar-refractivity contribution in [3.63, 3.8) is 0 Å². The summed E-state index contributed by atoms with van der Waals surface area (Å²) in [6.45, 7) is 12.3. The largest absolute Gasteiger partial charge is 0.342 e. The van der Waals surface area contributed by atoms with Crippen molar-refractivity contribution in [2.24, 2.45) is 5.41 Å². The van der Waals surface area contributed by atoms with Gasteiger partial charge < -0.3 is 14.7 Å². The van der Waals surface area contributed by atoms with E-state index in [1.165, 1.54) is 0 Å². The first-order valence-corrected chi connectivity index (χ1v) is 8.11. The number of amides is 2. The van der Waals surface area contributed by atoms with Crippen LogP contribution in [-0.2, 0) is 9.59 Å². The molecule has 5 heteroatoms. The highest BCUT2D eigenvalue weighted by atomic mass is 16.2. The minimum Gasteiger partial charge on any atom is -0.342 e. The molecule has 1 saturated heterocycles. The molecule has 0 aromatic heterocycles. The van der Waals surface area contributed by atoms with Gasteiger partial charge in [0.05, 0.1) is 0 Å². The fraction of sp³-hybridized carbons (Fsp3) is 0.875. The zero-order valence-corrected chi connectivity index (χ0v) is 14.3. The molecule has 5 nitrogen and oxygen atoms in total. The maximum absolute atomic E-state index is 12.8. The number of rotatable bonds is 6. The molecule has 1 aliphatic heterocycles. The van der Waals surface area contributed by atoms with E-state index in [0.29, 0.717) is 13.1 Å². The topological polar surface area (TPSA) is 43.9 Å². The SMILES string of the molecule is CCCN(CCC)C(=O)C(C)(C)C(=O)N1CCN(C)CC1. The molecule has 0 N–H and O–H groups in total. The Labute approximate surface area is 129 Å². The molecule has 1 aliphatic rings. The van der Waals surface area contributed by atoms with E-state index in [4.69, 9.17) is 0 Å². The zero-order chi connectivity index (χ0) is 16.0. The minimum absolute atomic E-state index is 0.0298. The average molecular weight is 297 g/mol. The van der Waals surface area contributed by atoms with Crippen molar-refractivity contribution in [1.82, 2.24) is 14.7 Å². The van der Waals surface area contributed by atoms with Gasteiger partial charge in [-0.3, -0.25) is 9.59 Å². The van der Waals surface area contributed by atoms with Gasteiger partial charge in [0, 0.05) is 39.3 Å². The summed E-state index contributed by atoms with van der Waals surface area (Å²) >= 11 is 0. The summed E-state index contributed by atoms with van der Waals surface area (Å²) in [7, 11) is 2.06. The highest BCUT2D eigenvalue weighted by Crippen LogP contribution is 2.23. The van der Waals surface area contributed by atoms with Crippen molar-refractivity contribution in [3.05, 3.63) is 0 Å². The maximum Gasteiger partial charge on any atom is 0.237 e. The number of likely N-dealkylation sites (N-methyl/N-ethyl adjacent to an activating group) is 1. The lowest BCUT2D eigenvalue weighted by atomic mass is 9.89. The van der Waals surface area contributed by atoms with E-state index in [1.807, 2.05) is 9.80 Å². The number of hydrogen-bond acceptors (Lipinski definition) is 3. The molecule has 0 aromatic carbocycles. The third-order valence-electron chi connectivity index (χ3n) is 4.13. The van der Waals surface area contributed by atoms with E-state index in [1.54, 1.807) is 13.8 Å². The Morgan fingerprint density at radius 3 is 1.90 bits per heavy atom. The van der Waals surface area contributed by atoms with Gasteiger partial charge in [0.2, 0.25) is 11.8 Å². The highest BCUT2D eigenvalue weighted by Gasteiger charge is 2.41. The molecule has 0 atom stereocenters. The van der Waals surface area contributed by atoms with Gasteiger partial charge in [0.25, 0.3) is 0 Å². The van der Waals surface area contributed by atoms with Crippen LogP contribution in [0.5, 0.6) is 0 Å². The van der Waals surface area contributed by atoms with Crippen LogP contribution >= 0.6 is 0 Å². The van der Waals surface area contributed by atoms with Crippen molar-refractivity contribution >= 4 is 11.8 Å². The maximum atomic E-state index is 12.8. The number of hydrogen-bond donors (Lipinski definition) is 0. The summed E-state index contributed by atoms with van der Waals surface area (Å²) in [4.78, 5) is 31.4. The normalized spacial score (nSPS) is 16.9. The molecule has 2 amide bonds. The van der Waals surface area contributed by atoms with Crippen LogP contribution in [0.3, 0.4) is 0 Å². The lowest BCUT2D eigenvalue weighted by Crippen LogP contribution is -2.55. The fourth-order valence-electron chi connectivity index (χ4n) is 2.75. The third kappa shape index (κ3) is 4.43. The van der Waals surface area contributed by atoms with Crippen LogP contribution in [0.25, 0.3) is 0 Å². The van der Waals surface area contributed by atoms with Crippen LogP contribution in [0.2, 0.25) is 0 Å². The molecule has 1 fully saturated rings. The molecule has 1 heterocycles. The Hall–Kier alpha value is -1.10. The Bertz CT molecular complexity index is 355. The van der Waals surface area contributed by atoms with Crippen molar-refractivity contribution in [2.75, 3.05) is 46.3 Å². The predicted molar refractivity (Wildman–Crippen MR) is 85.0 cm³/mol. The van der Waals surface area contributed by atoms with Crippen LogP contribution in [0, 0.1) is 5.41 Å². The monoisotopic (exact) mass is 297 g/mol. The summed E-state index contributed by atoms with van der Waals surface area (Å²) in [5, 5.41) is 0. The second kappa shape index (κ2) is 7.78. The molecular formula is C16H31N3O2. The van der Waals surface area contributed by atoms with Gasteiger partial charge in [0.15, 0.2) is 0 Å². The fourth-order valence-corrected chi connectivity index (χ4v) is 2.75. The van der Waals surface area contributed by atoms with Gasteiger partial charge in [-0.05, 0) is 33.7 Å². The van der Waals surface area contributed by atoms with E-state index >= 15 is 0 Å². The molecule has 0 saturated carbocycles. The van der Waals surface area contributed by atoms with Crippen LogP contribution in [0.15, 0.2) is 0 Å². The molecule has 0 aliphatic carbocycles. The Morgan fingerprint density at radius 2 is 1.48 bits per heavy atom. The molecule has 122 valence electrons. The summed E-state index contributed by atoms with van der Waals surface area (Å²) in [6.07, 6.45) is 1.84. The summed E-state index contributed by atoms with van der Waals surface area (Å²) in [5.74, 6) is -0.0621. The van der Waals surface area contributed by atoms with Gasteiger partial charge in [0.1, 0.15) is 5.41 Å². The van der Waals surface area contributed by atoms with Crippen LogP contribution < -0.4 is 0 Å². The minimum atomic E-state index is -0.958. The quantitative estimate of drug-likeness (QED) is 0.697. The number of nitrogens with zero attached hydrogens (tertiary/aromatic N) is 3. The third-order valence-corrected chi connectivity index (χ3v) is 4.13. The number of carbonyl (C=O) groups excluding carboxylic acids is 2. The lowest BCUT2D eigenvalue weighted by molar-refractivity contribution is -0.155. The molecule has 0 bridgehead atoms. The molecule has 0 radical (unpaired) electrons. The molecule has 0 aromatic rings. The Balaban J connectivity index is 2.77. The molecule has 0 unspecified atom stereocenters. The molecular weight excluding hydrogens is 266 g/mol. The van der Waals surface area contributed by atoms with Gasteiger partial charge in [-0.15, -0.1) is 0 Å². The number of piperazine rings is 1.